The molecule has 3 atom stereocenters. The largest absolute Gasteiger partial charge is 0.465 e. The van der Waals surface area contributed by atoms with Gasteiger partial charge in [0.2, 0.25) is 10.0 Å². The Kier molecular flexibility index (Phi) is 4.59. The van der Waals surface area contributed by atoms with Gasteiger partial charge in [-0.1, -0.05) is 6.92 Å². The number of furan rings is 1. The molecule has 6 nitrogen and oxygen atoms in total. The second-order valence-electron chi connectivity index (χ2n) is 6.19. The summed E-state index contributed by atoms with van der Waals surface area (Å²) in [6.07, 6.45) is 4.07. The molecule has 0 aliphatic carbocycles. The van der Waals surface area contributed by atoms with Crippen molar-refractivity contribution in [1.82, 2.24) is 9.62 Å². The summed E-state index contributed by atoms with van der Waals surface area (Å²) in [6, 6.07) is 4.09. The van der Waals surface area contributed by atoms with E-state index in [-0.39, 0.29) is 18.2 Å². The van der Waals surface area contributed by atoms with Gasteiger partial charge < -0.3 is 9.15 Å². The molecule has 7 heteroatoms. The molecule has 2 aliphatic heterocycles. The lowest BCUT2D eigenvalue weighted by atomic mass is 10.0. The summed E-state index contributed by atoms with van der Waals surface area (Å²) in [5, 5.41) is 0. The van der Waals surface area contributed by atoms with Gasteiger partial charge in [0.1, 0.15) is 11.5 Å². The molecule has 0 saturated carbocycles. The molecule has 3 rings (SSSR count). The normalized spacial score (nSPS) is 29.6. The Morgan fingerprint density at radius 1 is 1.36 bits per heavy atom. The average Bonchev–Trinajstić information content (AvgIpc) is 3.04. The first kappa shape index (κ1) is 16.0. The van der Waals surface area contributed by atoms with E-state index in [1.807, 2.05) is 12.1 Å². The van der Waals surface area contributed by atoms with Crippen LogP contribution in [0.5, 0.6) is 0 Å². The third-order valence-corrected chi connectivity index (χ3v) is 5.15. The minimum atomic E-state index is -3.23. The van der Waals surface area contributed by atoms with Crippen molar-refractivity contribution in [1.29, 1.82) is 0 Å². The van der Waals surface area contributed by atoms with Crippen LogP contribution < -0.4 is 4.72 Å². The van der Waals surface area contributed by atoms with Crippen molar-refractivity contribution in [2.75, 3.05) is 19.4 Å². The first-order chi connectivity index (χ1) is 10.5. The summed E-state index contributed by atoms with van der Waals surface area (Å²) in [7, 11) is -3.23. The molecule has 3 heterocycles. The van der Waals surface area contributed by atoms with E-state index in [4.69, 9.17) is 9.15 Å². The van der Waals surface area contributed by atoms with Crippen LogP contribution in [0.1, 0.15) is 31.3 Å². The number of likely N-dealkylation sites (tertiary alicyclic amines) is 1. The molecule has 0 bridgehead atoms. The highest BCUT2D eigenvalue weighted by molar-refractivity contribution is 7.88. The fraction of sp³-hybridized carbons (Fsp3) is 0.733. The SMILES string of the molecule is CCc1ccc(CN2C[C@H](NS(C)(=O)=O)[C@@H]3OCCC[C@@H]32)o1. The van der Waals surface area contributed by atoms with Gasteiger partial charge in [0.15, 0.2) is 0 Å². The molecule has 1 N–H and O–H groups in total. The van der Waals surface area contributed by atoms with Gasteiger partial charge in [0, 0.05) is 25.6 Å². The summed E-state index contributed by atoms with van der Waals surface area (Å²) >= 11 is 0. The predicted molar refractivity (Wildman–Crippen MR) is 83.0 cm³/mol. The Morgan fingerprint density at radius 3 is 2.82 bits per heavy atom. The van der Waals surface area contributed by atoms with E-state index in [2.05, 4.69) is 16.5 Å². The van der Waals surface area contributed by atoms with Gasteiger partial charge in [0.05, 0.1) is 24.9 Å². The molecular weight excluding hydrogens is 304 g/mol. The van der Waals surface area contributed by atoms with Crippen molar-refractivity contribution >= 4 is 10.0 Å². The van der Waals surface area contributed by atoms with E-state index in [1.165, 1.54) is 6.26 Å². The third-order valence-electron chi connectivity index (χ3n) is 4.42. The van der Waals surface area contributed by atoms with Crippen molar-refractivity contribution in [3.63, 3.8) is 0 Å². The summed E-state index contributed by atoms with van der Waals surface area (Å²) in [4.78, 5) is 2.28. The lowest BCUT2D eigenvalue weighted by molar-refractivity contribution is -0.0202. The third kappa shape index (κ3) is 3.53. The zero-order valence-electron chi connectivity index (χ0n) is 13.1. The molecular formula is C15H24N2O4S. The van der Waals surface area contributed by atoms with E-state index >= 15 is 0 Å². The van der Waals surface area contributed by atoms with Crippen LogP contribution in [-0.4, -0.2) is 50.9 Å². The van der Waals surface area contributed by atoms with Gasteiger partial charge in [0.25, 0.3) is 0 Å². The Labute approximate surface area is 131 Å². The number of hydrogen-bond acceptors (Lipinski definition) is 5. The van der Waals surface area contributed by atoms with Crippen LogP contribution in [0.3, 0.4) is 0 Å². The van der Waals surface area contributed by atoms with E-state index in [0.717, 1.165) is 30.8 Å². The molecule has 0 unspecified atom stereocenters. The molecule has 1 aromatic heterocycles. The number of rotatable bonds is 5. The lowest BCUT2D eigenvalue weighted by Gasteiger charge is -2.32. The molecule has 22 heavy (non-hydrogen) atoms. The highest BCUT2D eigenvalue weighted by Crippen LogP contribution is 2.30. The van der Waals surface area contributed by atoms with Gasteiger partial charge in [-0.15, -0.1) is 0 Å². The highest BCUT2D eigenvalue weighted by Gasteiger charge is 2.45. The van der Waals surface area contributed by atoms with Gasteiger partial charge in [-0.25, -0.2) is 13.1 Å². The van der Waals surface area contributed by atoms with E-state index < -0.39 is 10.0 Å². The molecule has 0 aromatic carbocycles. The van der Waals surface area contributed by atoms with Gasteiger partial charge in [-0.3, -0.25) is 4.90 Å². The predicted octanol–water partition coefficient (Wildman–Crippen LogP) is 1.12. The number of aryl methyl sites for hydroxylation is 1. The van der Waals surface area contributed by atoms with Crippen LogP contribution in [0.4, 0.5) is 0 Å². The molecule has 1 aromatic rings. The van der Waals surface area contributed by atoms with E-state index in [9.17, 15) is 8.42 Å². The minimum Gasteiger partial charge on any atom is -0.465 e. The first-order valence-corrected chi connectivity index (χ1v) is 9.76. The second kappa shape index (κ2) is 6.31. The monoisotopic (exact) mass is 328 g/mol. The maximum atomic E-state index is 11.6. The smallest absolute Gasteiger partial charge is 0.209 e. The average molecular weight is 328 g/mol. The van der Waals surface area contributed by atoms with Crippen LogP contribution in [0.15, 0.2) is 16.5 Å². The van der Waals surface area contributed by atoms with Crippen LogP contribution in [-0.2, 0) is 27.7 Å². The van der Waals surface area contributed by atoms with Crippen molar-refractivity contribution < 1.29 is 17.6 Å². The van der Waals surface area contributed by atoms with Gasteiger partial charge in [-0.2, -0.15) is 0 Å². The fourth-order valence-corrected chi connectivity index (χ4v) is 4.27. The number of fused-ring (bicyclic) bond motifs is 1. The van der Waals surface area contributed by atoms with Crippen molar-refractivity contribution in [3.8, 4) is 0 Å². The molecule has 0 spiro atoms. The number of nitrogens with zero attached hydrogens (tertiary/aromatic N) is 1. The number of nitrogens with one attached hydrogen (secondary N) is 1. The van der Waals surface area contributed by atoms with Gasteiger partial charge >= 0.3 is 0 Å². The molecule has 2 fully saturated rings. The quantitative estimate of drug-likeness (QED) is 0.877. The maximum absolute atomic E-state index is 11.6. The van der Waals surface area contributed by atoms with Crippen molar-refractivity contribution in [3.05, 3.63) is 23.7 Å². The summed E-state index contributed by atoms with van der Waals surface area (Å²) in [6.45, 7) is 4.13. The lowest BCUT2D eigenvalue weighted by Crippen LogP contribution is -2.47. The molecule has 124 valence electrons. The van der Waals surface area contributed by atoms with Crippen LogP contribution in [0, 0.1) is 0 Å². The first-order valence-electron chi connectivity index (χ1n) is 7.87. The zero-order valence-corrected chi connectivity index (χ0v) is 13.9. The Morgan fingerprint density at radius 2 is 2.14 bits per heavy atom. The number of hydrogen-bond donors (Lipinski definition) is 1. The van der Waals surface area contributed by atoms with Crippen LogP contribution in [0.2, 0.25) is 0 Å². The standard InChI is InChI=1S/C15H24N2O4S/c1-3-11-6-7-12(21-11)9-17-10-13(16-22(2,18)19)15-14(17)5-4-8-20-15/h6-7,13-16H,3-5,8-10H2,1-2H3/t13-,14-,15-/m0/s1. The second-order valence-corrected chi connectivity index (χ2v) is 7.97. The fourth-order valence-electron chi connectivity index (χ4n) is 3.51. The summed E-state index contributed by atoms with van der Waals surface area (Å²) in [5.41, 5.74) is 0. The number of ether oxygens (including phenoxy) is 1. The highest BCUT2D eigenvalue weighted by atomic mass is 32.2. The zero-order chi connectivity index (χ0) is 15.7. The van der Waals surface area contributed by atoms with E-state index in [0.29, 0.717) is 19.7 Å². The van der Waals surface area contributed by atoms with Crippen molar-refractivity contribution in [2.45, 2.75) is 50.9 Å². The minimum absolute atomic E-state index is 0.0657. The number of sulfonamides is 1. The molecule has 2 saturated heterocycles. The Hall–Kier alpha value is -0.890. The van der Waals surface area contributed by atoms with Crippen LogP contribution in [0.25, 0.3) is 0 Å². The van der Waals surface area contributed by atoms with E-state index in [1.54, 1.807) is 0 Å². The molecule has 2 aliphatic rings. The van der Waals surface area contributed by atoms with Gasteiger partial charge in [-0.05, 0) is 25.0 Å². The molecule has 0 amide bonds. The maximum Gasteiger partial charge on any atom is 0.209 e. The summed E-state index contributed by atoms with van der Waals surface area (Å²) in [5.74, 6) is 1.91. The van der Waals surface area contributed by atoms with Crippen molar-refractivity contribution in [2.24, 2.45) is 0 Å². The Bertz CT molecular complexity index is 613. The summed E-state index contributed by atoms with van der Waals surface area (Å²) < 4.78 is 37.5. The molecule has 0 radical (unpaired) electrons. The Balaban J connectivity index is 1.73. The van der Waals surface area contributed by atoms with Crippen LogP contribution >= 0.6 is 0 Å². The topological polar surface area (TPSA) is 71.8 Å².